The number of carbonyl (C=O) groups excluding carboxylic acids is 1. The molecule has 4 aromatic rings. The first-order valence-corrected chi connectivity index (χ1v) is 17.4. The fourth-order valence-corrected chi connectivity index (χ4v) is 7.11. The maximum atomic E-state index is 13.8. The van der Waals surface area contributed by atoms with Crippen LogP contribution in [-0.4, -0.2) is 42.6 Å². The van der Waals surface area contributed by atoms with Crippen LogP contribution in [0.5, 0.6) is 5.75 Å². The average molecular weight is 692 g/mol. The summed E-state index contributed by atoms with van der Waals surface area (Å²) >= 11 is 6.44. The first kappa shape index (κ1) is 36.4. The molecule has 2 unspecified atom stereocenters. The zero-order valence-electron chi connectivity index (χ0n) is 28.1. The quantitative estimate of drug-likeness (QED) is 0.122. The van der Waals surface area contributed by atoms with Gasteiger partial charge in [-0.15, -0.1) is 0 Å². The summed E-state index contributed by atoms with van der Waals surface area (Å²) in [6, 6.07) is 32.0. The summed E-state index contributed by atoms with van der Waals surface area (Å²) in [4.78, 5) is 15.1. The van der Waals surface area contributed by atoms with E-state index in [1.165, 1.54) is 6.07 Å². The SMILES string of the molecule is CCC(NC(=O)Cc1cccc(OCCCN(Cc2cccc(C(F)(F)F)c2Cl)C(C)(c2ccccc2)c2ccccc2)c1)C1CCCN1. The molecule has 4 aromatic carbocycles. The van der Waals surface area contributed by atoms with Crippen molar-refractivity contribution in [1.82, 2.24) is 15.5 Å². The molecule has 1 heterocycles. The van der Waals surface area contributed by atoms with Crippen molar-refractivity contribution < 1.29 is 22.7 Å². The smallest absolute Gasteiger partial charge is 0.417 e. The summed E-state index contributed by atoms with van der Waals surface area (Å²) in [6.45, 7) is 6.24. The van der Waals surface area contributed by atoms with Crippen LogP contribution in [0, 0.1) is 0 Å². The Morgan fingerprint density at radius 3 is 2.27 bits per heavy atom. The Labute approximate surface area is 292 Å². The van der Waals surface area contributed by atoms with E-state index < -0.39 is 17.3 Å². The molecule has 1 amide bonds. The second-order valence-corrected chi connectivity index (χ2v) is 13.2. The largest absolute Gasteiger partial charge is 0.494 e. The van der Waals surface area contributed by atoms with E-state index in [0.29, 0.717) is 36.9 Å². The molecule has 0 radical (unpaired) electrons. The van der Waals surface area contributed by atoms with Gasteiger partial charge in [0.05, 0.1) is 29.2 Å². The molecule has 1 aliphatic rings. The van der Waals surface area contributed by atoms with Crippen molar-refractivity contribution in [2.45, 2.75) is 76.3 Å². The lowest BCUT2D eigenvalue weighted by atomic mass is 9.82. The second-order valence-electron chi connectivity index (χ2n) is 12.8. The lowest BCUT2D eigenvalue weighted by Gasteiger charge is -2.43. The molecule has 1 fully saturated rings. The van der Waals surface area contributed by atoms with E-state index in [4.69, 9.17) is 16.3 Å². The van der Waals surface area contributed by atoms with Gasteiger partial charge >= 0.3 is 6.18 Å². The Bertz CT molecular complexity index is 1610. The Morgan fingerprint density at radius 1 is 0.980 bits per heavy atom. The van der Waals surface area contributed by atoms with Gasteiger partial charge in [0.15, 0.2) is 0 Å². The summed E-state index contributed by atoms with van der Waals surface area (Å²) < 4.78 is 47.7. The van der Waals surface area contributed by atoms with Crippen molar-refractivity contribution in [3.8, 4) is 5.75 Å². The number of hydrogen-bond acceptors (Lipinski definition) is 4. The first-order chi connectivity index (χ1) is 23.6. The van der Waals surface area contributed by atoms with Crippen molar-refractivity contribution in [3.05, 3.63) is 136 Å². The number of nitrogens with zero attached hydrogens (tertiary/aromatic N) is 1. The minimum absolute atomic E-state index is 0.0114. The Morgan fingerprint density at radius 2 is 1.65 bits per heavy atom. The lowest BCUT2D eigenvalue weighted by molar-refractivity contribution is -0.137. The standard InChI is InChI=1S/C40H45ClF3N3O2/c1-3-35(36-22-12-23-45-36)46-37(48)27-29-14-10-20-33(26-29)49-25-13-24-47(28-30-15-11-21-34(38(30)41)40(42,43)44)39(2,31-16-6-4-7-17-31)32-18-8-5-9-19-32/h4-11,14-21,26,35-36,45H,3,12-13,22-25,27-28H2,1-2H3,(H,46,48). The molecule has 9 heteroatoms. The number of amides is 1. The van der Waals surface area contributed by atoms with Gasteiger partial charge in [-0.05, 0) is 79.6 Å². The van der Waals surface area contributed by atoms with E-state index in [9.17, 15) is 18.0 Å². The summed E-state index contributed by atoms with van der Waals surface area (Å²) in [5.74, 6) is 0.652. The van der Waals surface area contributed by atoms with Gasteiger partial charge in [-0.3, -0.25) is 9.69 Å². The van der Waals surface area contributed by atoms with Crippen LogP contribution in [-0.2, 0) is 29.5 Å². The molecule has 2 N–H and O–H groups in total. The molecule has 0 saturated carbocycles. The Kier molecular flexibility index (Phi) is 12.4. The molecule has 1 aliphatic heterocycles. The van der Waals surface area contributed by atoms with Crippen LogP contribution in [0.3, 0.4) is 0 Å². The van der Waals surface area contributed by atoms with E-state index in [2.05, 4.69) is 29.4 Å². The van der Waals surface area contributed by atoms with Gasteiger partial charge < -0.3 is 15.4 Å². The zero-order chi connectivity index (χ0) is 34.9. The third kappa shape index (κ3) is 9.24. The number of nitrogens with one attached hydrogen (secondary N) is 2. The third-order valence-electron chi connectivity index (χ3n) is 9.52. The number of rotatable bonds is 15. The topological polar surface area (TPSA) is 53.6 Å². The first-order valence-electron chi connectivity index (χ1n) is 17.0. The molecular formula is C40H45ClF3N3O2. The van der Waals surface area contributed by atoms with Crippen LogP contribution >= 0.6 is 11.6 Å². The van der Waals surface area contributed by atoms with Gasteiger partial charge in [0.1, 0.15) is 5.75 Å². The van der Waals surface area contributed by atoms with Gasteiger partial charge in [-0.2, -0.15) is 13.2 Å². The van der Waals surface area contributed by atoms with Crippen LogP contribution in [0.15, 0.2) is 103 Å². The summed E-state index contributed by atoms with van der Waals surface area (Å²) in [5.41, 5.74) is 1.74. The van der Waals surface area contributed by atoms with Gasteiger partial charge in [0.2, 0.25) is 5.91 Å². The van der Waals surface area contributed by atoms with Crippen molar-refractivity contribution in [3.63, 3.8) is 0 Å². The number of hydrogen-bond donors (Lipinski definition) is 2. The highest BCUT2D eigenvalue weighted by Crippen LogP contribution is 2.40. The lowest BCUT2D eigenvalue weighted by Crippen LogP contribution is -2.47. The van der Waals surface area contributed by atoms with Crippen molar-refractivity contribution in [2.75, 3.05) is 19.7 Å². The number of halogens is 4. The summed E-state index contributed by atoms with van der Waals surface area (Å²) in [7, 11) is 0. The van der Waals surface area contributed by atoms with Crippen LogP contribution in [0.2, 0.25) is 5.02 Å². The predicted molar refractivity (Wildman–Crippen MR) is 190 cm³/mol. The second kappa shape index (κ2) is 16.7. The molecule has 0 aromatic heterocycles. The van der Waals surface area contributed by atoms with Gasteiger partial charge in [-0.1, -0.05) is 103 Å². The molecule has 5 nitrogen and oxygen atoms in total. The molecule has 0 aliphatic carbocycles. The summed E-state index contributed by atoms with van der Waals surface area (Å²) in [6.07, 6.45) is -0.639. The third-order valence-corrected chi connectivity index (χ3v) is 9.97. The number of ether oxygens (including phenoxy) is 1. The van der Waals surface area contributed by atoms with Crippen LogP contribution in [0.1, 0.15) is 67.3 Å². The molecule has 260 valence electrons. The highest BCUT2D eigenvalue weighted by atomic mass is 35.5. The van der Waals surface area contributed by atoms with Gasteiger partial charge in [0, 0.05) is 25.2 Å². The molecule has 0 spiro atoms. The van der Waals surface area contributed by atoms with Crippen molar-refractivity contribution in [2.24, 2.45) is 0 Å². The minimum Gasteiger partial charge on any atom is -0.494 e. The molecular weight excluding hydrogens is 647 g/mol. The van der Waals surface area contributed by atoms with Gasteiger partial charge in [-0.25, -0.2) is 0 Å². The van der Waals surface area contributed by atoms with E-state index >= 15 is 0 Å². The van der Waals surface area contributed by atoms with E-state index in [0.717, 1.165) is 48.6 Å². The van der Waals surface area contributed by atoms with Crippen LogP contribution in [0.4, 0.5) is 13.2 Å². The Hall–Kier alpha value is -3.85. The maximum absolute atomic E-state index is 13.8. The number of benzene rings is 4. The van der Waals surface area contributed by atoms with Crippen LogP contribution in [0.25, 0.3) is 0 Å². The fourth-order valence-electron chi connectivity index (χ4n) is 6.82. The number of carbonyl (C=O) groups is 1. The normalized spacial score (nSPS) is 15.7. The van der Waals surface area contributed by atoms with Crippen molar-refractivity contribution >= 4 is 17.5 Å². The number of alkyl halides is 3. The molecule has 1 saturated heterocycles. The maximum Gasteiger partial charge on any atom is 0.417 e. The molecule has 49 heavy (non-hydrogen) atoms. The van der Waals surface area contributed by atoms with Gasteiger partial charge in [0.25, 0.3) is 0 Å². The zero-order valence-corrected chi connectivity index (χ0v) is 28.9. The predicted octanol–water partition coefficient (Wildman–Crippen LogP) is 8.78. The molecule has 2 atom stereocenters. The van der Waals surface area contributed by atoms with E-state index in [-0.39, 0.29) is 29.9 Å². The molecule has 5 rings (SSSR count). The van der Waals surface area contributed by atoms with Crippen LogP contribution < -0.4 is 15.4 Å². The Balaban J connectivity index is 1.32. The summed E-state index contributed by atoms with van der Waals surface area (Å²) in [5, 5.41) is 6.40. The highest BCUT2D eigenvalue weighted by Gasteiger charge is 2.38. The highest BCUT2D eigenvalue weighted by molar-refractivity contribution is 6.32. The molecule has 0 bridgehead atoms. The monoisotopic (exact) mass is 691 g/mol. The van der Waals surface area contributed by atoms with Crippen molar-refractivity contribution in [1.29, 1.82) is 0 Å². The average Bonchev–Trinajstić information content (AvgIpc) is 3.64. The minimum atomic E-state index is -4.56. The fraction of sp³-hybridized carbons (Fsp3) is 0.375. The van der Waals surface area contributed by atoms with E-state index in [1.54, 1.807) is 6.07 Å². The van der Waals surface area contributed by atoms with E-state index in [1.807, 2.05) is 84.9 Å².